The van der Waals surface area contributed by atoms with Gasteiger partial charge in [-0.2, -0.15) is 0 Å². The highest BCUT2D eigenvalue weighted by atomic mass is 16.4. The van der Waals surface area contributed by atoms with Crippen LogP contribution in [0.1, 0.15) is 45.4 Å². The third-order valence-corrected chi connectivity index (χ3v) is 4.29. The van der Waals surface area contributed by atoms with Crippen LogP contribution in [-0.2, 0) is 4.79 Å². The van der Waals surface area contributed by atoms with Gasteiger partial charge in [-0.15, -0.1) is 0 Å². The molecule has 1 saturated heterocycles. The third kappa shape index (κ3) is 3.39. The van der Waals surface area contributed by atoms with E-state index in [-0.39, 0.29) is 18.4 Å². The van der Waals surface area contributed by atoms with Gasteiger partial charge in [0, 0.05) is 31.6 Å². The molecule has 1 heterocycles. The average Bonchev–Trinajstić information content (AvgIpc) is 2.35. The minimum atomic E-state index is -0.767. The minimum Gasteiger partial charge on any atom is -0.481 e. The Morgan fingerprint density at radius 2 is 1.84 bits per heavy atom. The molecule has 0 aromatic rings. The molecule has 5 heteroatoms. The number of hydrogen-bond acceptors (Lipinski definition) is 2. The number of carbonyl (C=O) groups excluding carboxylic acids is 1. The molecule has 1 N–H and O–H groups in total. The fourth-order valence-corrected chi connectivity index (χ4v) is 3.23. The quantitative estimate of drug-likeness (QED) is 0.850. The standard InChI is InChI=1S/C14H24N2O3/c1-2-16(12-6-4-3-5-7-12)14(19)15-9-11(10-15)8-13(17)18/h11-12H,2-10H2,1H3,(H,17,18). The second-order valence-corrected chi connectivity index (χ2v) is 5.73. The Labute approximate surface area is 114 Å². The van der Waals surface area contributed by atoms with Gasteiger partial charge in [-0.1, -0.05) is 19.3 Å². The van der Waals surface area contributed by atoms with Crippen LogP contribution in [0.3, 0.4) is 0 Å². The zero-order valence-electron chi connectivity index (χ0n) is 11.7. The number of nitrogens with zero attached hydrogens (tertiary/aromatic N) is 2. The van der Waals surface area contributed by atoms with Gasteiger partial charge in [0.05, 0.1) is 6.42 Å². The van der Waals surface area contributed by atoms with Crippen molar-refractivity contribution in [3.8, 4) is 0 Å². The fourth-order valence-electron chi connectivity index (χ4n) is 3.23. The van der Waals surface area contributed by atoms with E-state index in [0.717, 1.165) is 19.4 Å². The maximum Gasteiger partial charge on any atom is 0.320 e. The third-order valence-electron chi connectivity index (χ3n) is 4.29. The molecule has 2 amide bonds. The number of urea groups is 1. The number of rotatable bonds is 4. The van der Waals surface area contributed by atoms with E-state index in [1.807, 2.05) is 11.8 Å². The summed E-state index contributed by atoms with van der Waals surface area (Å²) >= 11 is 0. The molecule has 0 radical (unpaired) electrons. The highest BCUT2D eigenvalue weighted by molar-refractivity contribution is 5.76. The van der Waals surface area contributed by atoms with Crippen molar-refractivity contribution in [2.24, 2.45) is 5.92 Å². The van der Waals surface area contributed by atoms with E-state index < -0.39 is 5.97 Å². The second kappa shape index (κ2) is 6.26. The van der Waals surface area contributed by atoms with Crippen molar-refractivity contribution in [2.75, 3.05) is 19.6 Å². The maximum absolute atomic E-state index is 12.4. The molecule has 5 nitrogen and oxygen atoms in total. The Morgan fingerprint density at radius 1 is 1.21 bits per heavy atom. The predicted molar refractivity (Wildman–Crippen MR) is 72.0 cm³/mol. The van der Waals surface area contributed by atoms with Crippen LogP contribution in [0.25, 0.3) is 0 Å². The van der Waals surface area contributed by atoms with E-state index in [1.54, 1.807) is 4.90 Å². The van der Waals surface area contributed by atoms with Gasteiger partial charge >= 0.3 is 12.0 Å². The van der Waals surface area contributed by atoms with E-state index in [2.05, 4.69) is 0 Å². The van der Waals surface area contributed by atoms with Crippen LogP contribution in [0.4, 0.5) is 4.79 Å². The molecule has 1 aliphatic carbocycles. The van der Waals surface area contributed by atoms with Gasteiger partial charge in [0.15, 0.2) is 0 Å². The van der Waals surface area contributed by atoms with Gasteiger partial charge in [-0.25, -0.2) is 4.79 Å². The normalized spacial score (nSPS) is 21.0. The van der Waals surface area contributed by atoms with Crippen LogP contribution < -0.4 is 0 Å². The van der Waals surface area contributed by atoms with Gasteiger partial charge in [0.25, 0.3) is 0 Å². The average molecular weight is 268 g/mol. The molecule has 0 aromatic carbocycles. The fraction of sp³-hybridized carbons (Fsp3) is 0.857. The summed E-state index contributed by atoms with van der Waals surface area (Å²) in [6, 6.07) is 0.501. The molecule has 0 bridgehead atoms. The highest BCUT2D eigenvalue weighted by Crippen LogP contribution is 2.26. The van der Waals surface area contributed by atoms with E-state index in [0.29, 0.717) is 19.1 Å². The zero-order chi connectivity index (χ0) is 13.8. The van der Waals surface area contributed by atoms with Gasteiger partial charge < -0.3 is 14.9 Å². The largest absolute Gasteiger partial charge is 0.481 e. The van der Waals surface area contributed by atoms with Crippen LogP contribution in [0, 0.1) is 5.92 Å². The van der Waals surface area contributed by atoms with E-state index in [9.17, 15) is 9.59 Å². The van der Waals surface area contributed by atoms with Gasteiger partial charge in [-0.3, -0.25) is 4.79 Å². The Kier molecular flexibility index (Phi) is 4.66. The number of carbonyl (C=O) groups is 2. The highest BCUT2D eigenvalue weighted by Gasteiger charge is 2.36. The molecule has 108 valence electrons. The Bertz CT molecular complexity index is 334. The lowest BCUT2D eigenvalue weighted by molar-refractivity contribution is -0.139. The topological polar surface area (TPSA) is 60.9 Å². The first-order valence-electron chi connectivity index (χ1n) is 7.39. The lowest BCUT2D eigenvalue weighted by Crippen LogP contribution is -2.57. The lowest BCUT2D eigenvalue weighted by Gasteiger charge is -2.44. The zero-order valence-corrected chi connectivity index (χ0v) is 11.7. The summed E-state index contributed by atoms with van der Waals surface area (Å²) in [4.78, 5) is 26.8. The minimum absolute atomic E-state index is 0.107. The van der Waals surface area contributed by atoms with Crippen molar-refractivity contribution < 1.29 is 14.7 Å². The van der Waals surface area contributed by atoms with Crippen molar-refractivity contribution in [1.82, 2.24) is 9.80 Å². The first-order chi connectivity index (χ1) is 9.11. The summed E-state index contributed by atoms with van der Waals surface area (Å²) in [5.74, 6) is -0.622. The first-order valence-corrected chi connectivity index (χ1v) is 7.39. The number of likely N-dealkylation sites (tertiary alicyclic amines) is 1. The molecule has 2 rings (SSSR count). The molecule has 2 fully saturated rings. The monoisotopic (exact) mass is 268 g/mol. The molecule has 0 aromatic heterocycles. The lowest BCUT2D eigenvalue weighted by atomic mass is 9.93. The van der Waals surface area contributed by atoms with Gasteiger partial charge in [-0.05, 0) is 19.8 Å². The summed E-state index contributed by atoms with van der Waals surface area (Å²) < 4.78 is 0. The number of carboxylic acid groups (broad SMARTS) is 1. The van der Waals surface area contributed by atoms with Crippen molar-refractivity contribution in [3.05, 3.63) is 0 Å². The Morgan fingerprint density at radius 3 is 2.37 bits per heavy atom. The smallest absolute Gasteiger partial charge is 0.320 e. The molecular weight excluding hydrogens is 244 g/mol. The van der Waals surface area contributed by atoms with Crippen LogP contribution in [0.2, 0.25) is 0 Å². The number of carboxylic acids is 1. The second-order valence-electron chi connectivity index (χ2n) is 5.73. The molecule has 1 saturated carbocycles. The van der Waals surface area contributed by atoms with E-state index >= 15 is 0 Å². The van der Waals surface area contributed by atoms with Crippen LogP contribution in [-0.4, -0.2) is 52.6 Å². The van der Waals surface area contributed by atoms with Crippen molar-refractivity contribution >= 4 is 12.0 Å². The Hall–Kier alpha value is -1.26. The molecular formula is C14H24N2O3. The molecule has 0 atom stereocenters. The van der Waals surface area contributed by atoms with E-state index in [4.69, 9.17) is 5.11 Å². The summed E-state index contributed by atoms with van der Waals surface area (Å²) in [5.41, 5.74) is 0. The molecule has 1 aliphatic heterocycles. The van der Waals surface area contributed by atoms with Gasteiger partial charge in [0.2, 0.25) is 0 Å². The molecule has 2 aliphatic rings. The van der Waals surface area contributed by atoms with Crippen LogP contribution in [0.15, 0.2) is 0 Å². The van der Waals surface area contributed by atoms with Crippen molar-refractivity contribution in [3.63, 3.8) is 0 Å². The molecule has 0 spiro atoms. The van der Waals surface area contributed by atoms with Crippen molar-refractivity contribution in [1.29, 1.82) is 0 Å². The van der Waals surface area contributed by atoms with Crippen LogP contribution in [0.5, 0.6) is 0 Å². The predicted octanol–water partition coefficient (Wildman–Crippen LogP) is 2.17. The summed E-state index contributed by atoms with van der Waals surface area (Å²) in [5, 5.41) is 8.72. The summed E-state index contributed by atoms with van der Waals surface area (Å²) in [7, 11) is 0. The molecule has 19 heavy (non-hydrogen) atoms. The first kappa shape index (κ1) is 14.2. The molecule has 0 unspecified atom stereocenters. The van der Waals surface area contributed by atoms with Crippen LogP contribution >= 0.6 is 0 Å². The maximum atomic E-state index is 12.4. The Balaban J connectivity index is 1.83. The van der Waals surface area contributed by atoms with Crippen molar-refractivity contribution in [2.45, 2.75) is 51.5 Å². The SMILES string of the molecule is CCN(C(=O)N1CC(CC(=O)O)C1)C1CCCCC1. The summed E-state index contributed by atoms with van der Waals surface area (Å²) in [6.07, 6.45) is 6.14. The van der Waals surface area contributed by atoms with E-state index in [1.165, 1.54) is 19.3 Å². The number of aliphatic carboxylic acids is 1. The van der Waals surface area contributed by atoms with Gasteiger partial charge in [0.1, 0.15) is 0 Å². The summed E-state index contributed by atoms with van der Waals surface area (Å²) in [6.45, 7) is 3.99. The number of hydrogen-bond donors (Lipinski definition) is 1. The number of amides is 2.